The zero-order valence-electron chi connectivity index (χ0n) is 9.33. The minimum absolute atomic E-state index is 0.726. The molecule has 0 aliphatic carbocycles. The highest BCUT2D eigenvalue weighted by Gasteiger charge is 2.09. The van der Waals surface area contributed by atoms with Crippen molar-refractivity contribution in [1.29, 1.82) is 0 Å². The lowest BCUT2D eigenvalue weighted by Gasteiger charge is -2.04. The van der Waals surface area contributed by atoms with E-state index in [-0.39, 0.29) is 0 Å². The van der Waals surface area contributed by atoms with Gasteiger partial charge in [0, 0.05) is 13.6 Å². The number of furan rings is 1. The number of rotatable bonds is 4. The van der Waals surface area contributed by atoms with Crippen LogP contribution in [-0.4, -0.2) is 9.78 Å². The van der Waals surface area contributed by atoms with Gasteiger partial charge in [-0.05, 0) is 35.0 Å². The van der Waals surface area contributed by atoms with E-state index in [1.807, 2.05) is 30.8 Å². The van der Waals surface area contributed by atoms with Gasteiger partial charge in [-0.2, -0.15) is 5.10 Å². The molecule has 4 nitrogen and oxygen atoms in total. The summed E-state index contributed by atoms with van der Waals surface area (Å²) in [5.74, 6) is 0.940. The van der Waals surface area contributed by atoms with E-state index in [1.165, 1.54) is 0 Å². The lowest BCUT2D eigenvalue weighted by Crippen LogP contribution is -2.15. The molecule has 0 saturated carbocycles. The van der Waals surface area contributed by atoms with Crippen molar-refractivity contribution in [3.63, 3.8) is 0 Å². The quantitative estimate of drug-likeness (QED) is 0.937. The minimum Gasteiger partial charge on any atom is -0.468 e. The molecule has 2 rings (SSSR count). The van der Waals surface area contributed by atoms with Crippen LogP contribution < -0.4 is 5.32 Å². The summed E-state index contributed by atoms with van der Waals surface area (Å²) in [5.41, 5.74) is 2.15. The largest absolute Gasteiger partial charge is 0.468 e. The van der Waals surface area contributed by atoms with Crippen molar-refractivity contribution in [3.05, 3.63) is 40.0 Å². The van der Waals surface area contributed by atoms with Gasteiger partial charge in [-0.25, -0.2) is 0 Å². The highest BCUT2D eigenvalue weighted by Crippen LogP contribution is 2.19. The second-order valence-corrected chi connectivity index (χ2v) is 4.45. The van der Waals surface area contributed by atoms with Crippen molar-refractivity contribution in [2.75, 3.05) is 0 Å². The first-order valence-electron chi connectivity index (χ1n) is 5.09. The molecule has 0 atom stereocenters. The van der Waals surface area contributed by atoms with Crippen LogP contribution in [0.4, 0.5) is 0 Å². The van der Waals surface area contributed by atoms with Crippen LogP contribution in [0.5, 0.6) is 0 Å². The molecular formula is C11H14BrN3O. The molecule has 1 N–H and O–H groups in total. The standard InChI is InChI=1S/C11H14BrN3O/c1-8-11(12)10(15(2)14-8)7-13-6-9-4-3-5-16-9/h3-5,13H,6-7H2,1-2H3. The number of nitrogens with zero attached hydrogens (tertiary/aromatic N) is 2. The summed E-state index contributed by atoms with van der Waals surface area (Å²) in [4.78, 5) is 0. The average molecular weight is 284 g/mol. The van der Waals surface area contributed by atoms with Gasteiger partial charge in [0.1, 0.15) is 5.76 Å². The van der Waals surface area contributed by atoms with Gasteiger partial charge in [0.2, 0.25) is 0 Å². The van der Waals surface area contributed by atoms with Gasteiger partial charge in [-0.1, -0.05) is 0 Å². The van der Waals surface area contributed by atoms with Gasteiger partial charge in [0.25, 0.3) is 0 Å². The number of hydrogen-bond acceptors (Lipinski definition) is 3. The topological polar surface area (TPSA) is 43.0 Å². The summed E-state index contributed by atoms with van der Waals surface area (Å²) in [5, 5.41) is 7.65. The fourth-order valence-corrected chi connectivity index (χ4v) is 2.07. The molecule has 0 aliphatic heterocycles. The predicted octanol–water partition coefficient (Wildman–Crippen LogP) is 2.37. The predicted molar refractivity (Wildman–Crippen MR) is 64.9 cm³/mol. The fourth-order valence-electron chi connectivity index (χ4n) is 1.59. The minimum atomic E-state index is 0.726. The van der Waals surface area contributed by atoms with E-state index in [4.69, 9.17) is 4.42 Å². The number of halogens is 1. The molecule has 0 unspecified atom stereocenters. The molecule has 2 heterocycles. The Kier molecular flexibility index (Phi) is 3.46. The van der Waals surface area contributed by atoms with Gasteiger partial charge in [-0.15, -0.1) is 0 Å². The number of nitrogens with one attached hydrogen (secondary N) is 1. The van der Waals surface area contributed by atoms with E-state index >= 15 is 0 Å². The highest BCUT2D eigenvalue weighted by molar-refractivity contribution is 9.10. The molecule has 0 bridgehead atoms. The van der Waals surface area contributed by atoms with E-state index in [0.717, 1.165) is 34.7 Å². The Hall–Kier alpha value is -1.07. The van der Waals surface area contributed by atoms with Gasteiger partial charge in [-0.3, -0.25) is 4.68 Å². The van der Waals surface area contributed by atoms with Crippen LogP contribution in [0.3, 0.4) is 0 Å². The molecule has 0 radical (unpaired) electrons. The van der Waals surface area contributed by atoms with Gasteiger partial charge in [0.05, 0.1) is 28.7 Å². The maximum absolute atomic E-state index is 5.24. The second-order valence-electron chi connectivity index (χ2n) is 3.65. The third kappa shape index (κ3) is 2.36. The monoisotopic (exact) mass is 283 g/mol. The number of hydrogen-bond donors (Lipinski definition) is 1. The summed E-state index contributed by atoms with van der Waals surface area (Å²) >= 11 is 3.53. The van der Waals surface area contributed by atoms with Gasteiger partial charge >= 0.3 is 0 Å². The van der Waals surface area contributed by atoms with E-state index in [9.17, 15) is 0 Å². The molecule has 2 aromatic rings. The Balaban J connectivity index is 1.95. The Morgan fingerprint density at radius 2 is 2.31 bits per heavy atom. The van der Waals surface area contributed by atoms with Crippen LogP contribution in [0, 0.1) is 6.92 Å². The second kappa shape index (κ2) is 4.84. The van der Waals surface area contributed by atoms with Gasteiger partial charge < -0.3 is 9.73 Å². The fraction of sp³-hybridized carbons (Fsp3) is 0.364. The summed E-state index contributed by atoms with van der Waals surface area (Å²) in [6.45, 7) is 3.47. The van der Waals surface area contributed by atoms with Crippen LogP contribution in [-0.2, 0) is 20.1 Å². The molecule has 0 amide bonds. The Morgan fingerprint density at radius 3 is 2.88 bits per heavy atom. The molecule has 0 aromatic carbocycles. The Bertz CT molecular complexity index is 462. The third-order valence-corrected chi connectivity index (χ3v) is 3.46. The van der Waals surface area contributed by atoms with Crippen molar-refractivity contribution in [3.8, 4) is 0 Å². The maximum atomic E-state index is 5.24. The summed E-state index contributed by atoms with van der Waals surface area (Å²) < 4.78 is 8.20. The molecule has 0 spiro atoms. The molecule has 2 aromatic heterocycles. The molecule has 5 heteroatoms. The molecule has 0 aliphatic rings. The lowest BCUT2D eigenvalue weighted by molar-refractivity contribution is 0.478. The van der Waals surface area contributed by atoms with Crippen molar-refractivity contribution < 1.29 is 4.42 Å². The Morgan fingerprint density at radius 1 is 1.50 bits per heavy atom. The molecular weight excluding hydrogens is 270 g/mol. The summed E-state index contributed by atoms with van der Waals surface area (Å²) in [6, 6.07) is 3.84. The van der Waals surface area contributed by atoms with Crippen LogP contribution in [0.25, 0.3) is 0 Å². The van der Waals surface area contributed by atoms with Crippen molar-refractivity contribution in [2.24, 2.45) is 7.05 Å². The average Bonchev–Trinajstić information content (AvgIpc) is 2.82. The first kappa shape index (κ1) is 11.4. The smallest absolute Gasteiger partial charge is 0.117 e. The van der Waals surface area contributed by atoms with E-state index in [2.05, 4.69) is 26.3 Å². The van der Waals surface area contributed by atoms with Crippen molar-refractivity contribution in [2.45, 2.75) is 20.0 Å². The van der Waals surface area contributed by atoms with Crippen LogP contribution in [0.1, 0.15) is 17.1 Å². The van der Waals surface area contributed by atoms with E-state index in [0.29, 0.717) is 0 Å². The third-order valence-electron chi connectivity index (χ3n) is 2.43. The zero-order valence-corrected chi connectivity index (χ0v) is 10.9. The van der Waals surface area contributed by atoms with Crippen LogP contribution in [0.15, 0.2) is 27.3 Å². The zero-order chi connectivity index (χ0) is 11.5. The lowest BCUT2D eigenvalue weighted by atomic mass is 10.3. The van der Waals surface area contributed by atoms with Crippen molar-refractivity contribution >= 4 is 15.9 Å². The van der Waals surface area contributed by atoms with Gasteiger partial charge in [0.15, 0.2) is 0 Å². The van der Waals surface area contributed by atoms with Crippen LogP contribution >= 0.6 is 15.9 Å². The molecule has 86 valence electrons. The molecule has 0 saturated heterocycles. The normalized spacial score (nSPS) is 10.9. The first-order valence-corrected chi connectivity index (χ1v) is 5.89. The SMILES string of the molecule is Cc1nn(C)c(CNCc2ccco2)c1Br. The van der Waals surface area contributed by atoms with E-state index in [1.54, 1.807) is 6.26 Å². The van der Waals surface area contributed by atoms with E-state index < -0.39 is 0 Å². The van der Waals surface area contributed by atoms with Crippen molar-refractivity contribution in [1.82, 2.24) is 15.1 Å². The Labute approximate surface area is 103 Å². The highest BCUT2D eigenvalue weighted by atomic mass is 79.9. The molecule has 0 fully saturated rings. The first-order chi connectivity index (χ1) is 7.68. The molecule has 16 heavy (non-hydrogen) atoms. The number of aryl methyl sites for hydroxylation is 2. The summed E-state index contributed by atoms with van der Waals surface area (Å²) in [6.07, 6.45) is 1.68. The van der Waals surface area contributed by atoms with Crippen LogP contribution in [0.2, 0.25) is 0 Å². The maximum Gasteiger partial charge on any atom is 0.117 e. The number of aromatic nitrogens is 2. The summed E-state index contributed by atoms with van der Waals surface area (Å²) in [7, 11) is 1.95.